The van der Waals surface area contributed by atoms with Gasteiger partial charge in [-0.3, -0.25) is 4.90 Å². The zero-order valence-corrected chi connectivity index (χ0v) is 10.7. The van der Waals surface area contributed by atoms with Gasteiger partial charge in [0, 0.05) is 18.4 Å². The monoisotopic (exact) mass is 231 g/mol. The number of allylic oxidation sites excluding steroid dienone is 1. The second-order valence-electron chi connectivity index (χ2n) is 4.64. The predicted octanol–water partition coefficient (Wildman–Crippen LogP) is 2.80. The Hall–Kier alpha value is -1.35. The number of hydrogen-bond acceptors (Lipinski definition) is 3. The number of aromatic nitrogens is 1. The van der Waals surface area contributed by atoms with Gasteiger partial charge in [-0.15, -0.1) is 0 Å². The largest absolute Gasteiger partial charge is 0.343 e. The van der Waals surface area contributed by atoms with Gasteiger partial charge in [0.1, 0.15) is 5.82 Å². The summed E-state index contributed by atoms with van der Waals surface area (Å²) in [5, 5.41) is 3.39. The Kier molecular flexibility index (Phi) is 4.15. The minimum absolute atomic E-state index is 0.933. The number of rotatable bonds is 4. The van der Waals surface area contributed by atoms with Crippen molar-refractivity contribution in [2.75, 3.05) is 25.0 Å². The maximum Gasteiger partial charge on any atom is 0.130 e. The third kappa shape index (κ3) is 3.56. The van der Waals surface area contributed by atoms with E-state index in [0.29, 0.717) is 0 Å². The van der Waals surface area contributed by atoms with Crippen LogP contribution in [0, 0.1) is 6.92 Å². The van der Waals surface area contributed by atoms with Crippen LogP contribution in [-0.4, -0.2) is 29.5 Å². The normalized spacial score (nSPS) is 17.4. The fraction of sp³-hybridized carbons (Fsp3) is 0.500. The van der Waals surface area contributed by atoms with Crippen molar-refractivity contribution < 1.29 is 0 Å². The van der Waals surface area contributed by atoms with Crippen LogP contribution in [0.3, 0.4) is 0 Å². The van der Waals surface area contributed by atoms with Crippen LogP contribution in [0.25, 0.3) is 0 Å². The van der Waals surface area contributed by atoms with Crippen molar-refractivity contribution in [1.82, 2.24) is 9.88 Å². The summed E-state index contributed by atoms with van der Waals surface area (Å²) < 4.78 is 0. The summed E-state index contributed by atoms with van der Waals surface area (Å²) >= 11 is 0. The molecule has 17 heavy (non-hydrogen) atoms. The molecule has 0 radical (unpaired) electrons. The van der Waals surface area contributed by atoms with Gasteiger partial charge < -0.3 is 5.32 Å². The summed E-state index contributed by atoms with van der Waals surface area (Å²) in [6.07, 6.45) is 6.70. The fourth-order valence-corrected chi connectivity index (χ4v) is 2.09. The fourth-order valence-electron chi connectivity index (χ4n) is 2.09. The molecule has 1 aromatic heterocycles. The Balaban J connectivity index is 1.93. The van der Waals surface area contributed by atoms with E-state index in [9.17, 15) is 0 Å². The van der Waals surface area contributed by atoms with Crippen LogP contribution >= 0.6 is 0 Å². The van der Waals surface area contributed by atoms with E-state index in [1.165, 1.54) is 37.2 Å². The molecule has 1 aliphatic heterocycles. The molecule has 0 spiro atoms. The molecule has 2 rings (SSSR count). The molecule has 1 N–H and O–H groups in total. The van der Waals surface area contributed by atoms with Crippen molar-refractivity contribution in [2.24, 2.45) is 0 Å². The molecule has 0 aliphatic carbocycles. The highest BCUT2D eigenvalue weighted by atomic mass is 15.2. The molecule has 0 amide bonds. The molecule has 92 valence electrons. The molecule has 3 heteroatoms. The molecule has 0 atom stereocenters. The molecular formula is C14H21N3. The highest BCUT2D eigenvalue weighted by molar-refractivity contribution is 5.42. The van der Waals surface area contributed by atoms with Gasteiger partial charge in [-0.05, 0) is 51.4 Å². The van der Waals surface area contributed by atoms with E-state index in [1.54, 1.807) is 0 Å². The zero-order valence-electron chi connectivity index (χ0n) is 10.7. The van der Waals surface area contributed by atoms with Gasteiger partial charge in [0.2, 0.25) is 0 Å². The van der Waals surface area contributed by atoms with E-state index in [1.807, 2.05) is 12.3 Å². The molecule has 0 bridgehead atoms. The van der Waals surface area contributed by atoms with Gasteiger partial charge in [0.05, 0.1) is 0 Å². The van der Waals surface area contributed by atoms with Crippen LogP contribution in [0.4, 0.5) is 5.82 Å². The minimum Gasteiger partial charge on any atom is -0.343 e. The number of aryl methyl sites for hydroxylation is 1. The van der Waals surface area contributed by atoms with Gasteiger partial charge in [-0.25, -0.2) is 4.98 Å². The van der Waals surface area contributed by atoms with E-state index < -0.39 is 0 Å². The maximum absolute atomic E-state index is 4.37. The average Bonchev–Trinajstić information content (AvgIpc) is 2.84. The molecular weight excluding hydrogens is 210 g/mol. The molecule has 1 aromatic rings. The van der Waals surface area contributed by atoms with Crippen LogP contribution in [0.2, 0.25) is 0 Å². The van der Waals surface area contributed by atoms with Crippen molar-refractivity contribution >= 4 is 5.82 Å². The number of anilines is 1. The van der Waals surface area contributed by atoms with Crippen LogP contribution in [0.15, 0.2) is 30.1 Å². The summed E-state index contributed by atoms with van der Waals surface area (Å²) in [6, 6.07) is 4.11. The number of nitrogens with zero attached hydrogens (tertiary/aromatic N) is 2. The standard InChI is InChI=1S/C14H21N3/c1-3-13(11-17-8-4-5-9-17)16-14-7-6-12(2)10-15-14/h3,6-7,10H,4-5,8-9,11H2,1-2H3,(H,15,16)/b13-3-. The molecule has 1 aliphatic rings. The number of pyridine rings is 1. The number of nitrogens with one attached hydrogen (secondary N) is 1. The Morgan fingerprint density at radius 2 is 2.18 bits per heavy atom. The van der Waals surface area contributed by atoms with Crippen LogP contribution in [-0.2, 0) is 0 Å². The molecule has 0 unspecified atom stereocenters. The quantitative estimate of drug-likeness (QED) is 0.863. The van der Waals surface area contributed by atoms with E-state index in [4.69, 9.17) is 0 Å². The Bertz CT molecular complexity index is 375. The topological polar surface area (TPSA) is 28.2 Å². The van der Waals surface area contributed by atoms with Crippen LogP contribution in [0.5, 0.6) is 0 Å². The summed E-state index contributed by atoms with van der Waals surface area (Å²) in [7, 11) is 0. The van der Waals surface area contributed by atoms with Crippen molar-refractivity contribution in [3.05, 3.63) is 35.7 Å². The van der Waals surface area contributed by atoms with Gasteiger partial charge in [-0.1, -0.05) is 12.1 Å². The summed E-state index contributed by atoms with van der Waals surface area (Å²) in [4.78, 5) is 6.85. The first-order valence-electron chi connectivity index (χ1n) is 6.35. The summed E-state index contributed by atoms with van der Waals surface area (Å²) in [5.41, 5.74) is 2.43. The van der Waals surface area contributed by atoms with E-state index in [0.717, 1.165) is 12.4 Å². The highest BCUT2D eigenvalue weighted by Crippen LogP contribution is 2.12. The molecule has 2 heterocycles. The SMILES string of the molecule is C/C=C(/CN1CCCC1)Nc1ccc(C)cn1. The van der Waals surface area contributed by atoms with Crippen LogP contribution in [0.1, 0.15) is 25.3 Å². The summed E-state index contributed by atoms with van der Waals surface area (Å²) in [5.74, 6) is 0.933. The average molecular weight is 231 g/mol. The molecule has 1 fully saturated rings. The van der Waals surface area contributed by atoms with Gasteiger partial charge in [-0.2, -0.15) is 0 Å². The van der Waals surface area contributed by atoms with E-state index >= 15 is 0 Å². The first kappa shape index (κ1) is 12.1. The summed E-state index contributed by atoms with van der Waals surface area (Å²) in [6.45, 7) is 7.58. The third-order valence-corrected chi connectivity index (χ3v) is 3.14. The van der Waals surface area contributed by atoms with E-state index in [-0.39, 0.29) is 0 Å². The van der Waals surface area contributed by atoms with Gasteiger partial charge in [0.25, 0.3) is 0 Å². The first-order valence-corrected chi connectivity index (χ1v) is 6.35. The number of likely N-dealkylation sites (tertiary alicyclic amines) is 1. The van der Waals surface area contributed by atoms with Crippen molar-refractivity contribution in [3.8, 4) is 0 Å². The lowest BCUT2D eigenvalue weighted by atomic mass is 10.3. The van der Waals surface area contributed by atoms with Crippen molar-refractivity contribution in [3.63, 3.8) is 0 Å². The lowest BCUT2D eigenvalue weighted by molar-refractivity contribution is 0.369. The Morgan fingerprint density at radius 1 is 1.41 bits per heavy atom. The van der Waals surface area contributed by atoms with Crippen LogP contribution < -0.4 is 5.32 Å². The molecule has 0 saturated carbocycles. The zero-order chi connectivity index (χ0) is 12.1. The Morgan fingerprint density at radius 3 is 2.76 bits per heavy atom. The molecule has 1 saturated heterocycles. The highest BCUT2D eigenvalue weighted by Gasteiger charge is 2.12. The maximum atomic E-state index is 4.37. The van der Waals surface area contributed by atoms with Gasteiger partial charge >= 0.3 is 0 Å². The van der Waals surface area contributed by atoms with Crippen molar-refractivity contribution in [1.29, 1.82) is 0 Å². The minimum atomic E-state index is 0.933. The number of hydrogen-bond donors (Lipinski definition) is 1. The van der Waals surface area contributed by atoms with Crippen molar-refractivity contribution in [2.45, 2.75) is 26.7 Å². The lowest BCUT2D eigenvalue weighted by Gasteiger charge is -2.18. The Labute approximate surface area is 104 Å². The lowest BCUT2D eigenvalue weighted by Crippen LogP contribution is -2.24. The first-order chi connectivity index (χ1) is 8.28. The predicted molar refractivity (Wildman–Crippen MR) is 72.0 cm³/mol. The smallest absolute Gasteiger partial charge is 0.130 e. The second kappa shape index (κ2) is 5.82. The van der Waals surface area contributed by atoms with E-state index in [2.05, 4.69) is 41.2 Å². The second-order valence-corrected chi connectivity index (χ2v) is 4.64. The third-order valence-electron chi connectivity index (χ3n) is 3.14. The van der Waals surface area contributed by atoms with Gasteiger partial charge in [0.15, 0.2) is 0 Å². The molecule has 0 aromatic carbocycles. The molecule has 3 nitrogen and oxygen atoms in total.